The lowest BCUT2D eigenvalue weighted by Crippen LogP contribution is -2.29. The van der Waals surface area contributed by atoms with Crippen LogP contribution >= 0.6 is 0 Å². The Bertz CT molecular complexity index is 734. The summed E-state index contributed by atoms with van der Waals surface area (Å²) in [4.78, 5) is 23.8. The Balaban J connectivity index is 2.08. The third kappa shape index (κ3) is 4.19. The zero-order valence-corrected chi connectivity index (χ0v) is 12.6. The van der Waals surface area contributed by atoms with Crippen LogP contribution in [0.4, 0.5) is 15.8 Å². The van der Waals surface area contributed by atoms with E-state index >= 15 is 0 Å². The first kappa shape index (κ1) is 16.3. The molecule has 0 spiro atoms. The fraction of sp³-hybridized carbons (Fsp3) is 0.125. The number of carbonyl (C=O) groups is 2. The van der Waals surface area contributed by atoms with E-state index in [1.165, 1.54) is 32.4 Å². The van der Waals surface area contributed by atoms with Crippen LogP contribution in [0, 0.1) is 5.82 Å². The predicted octanol–water partition coefficient (Wildman–Crippen LogP) is 2.42. The summed E-state index contributed by atoms with van der Waals surface area (Å²) in [7, 11) is 2.93. The van der Waals surface area contributed by atoms with Crippen molar-refractivity contribution in [1.29, 1.82) is 0 Å². The van der Waals surface area contributed by atoms with E-state index in [0.717, 1.165) is 6.07 Å². The normalized spacial score (nSPS) is 9.87. The van der Waals surface area contributed by atoms with Gasteiger partial charge in [0.2, 0.25) is 0 Å². The van der Waals surface area contributed by atoms with E-state index in [9.17, 15) is 14.0 Å². The first-order valence-electron chi connectivity index (χ1n) is 6.63. The van der Waals surface area contributed by atoms with Gasteiger partial charge in [-0.1, -0.05) is 6.07 Å². The molecule has 0 aliphatic rings. The van der Waals surface area contributed by atoms with Crippen molar-refractivity contribution in [2.75, 3.05) is 24.9 Å². The molecule has 0 saturated carbocycles. The largest absolute Gasteiger partial charge is 0.497 e. The van der Waals surface area contributed by atoms with Crippen molar-refractivity contribution in [3.63, 3.8) is 0 Å². The van der Waals surface area contributed by atoms with Gasteiger partial charge < -0.3 is 20.1 Å². The Morgan fingerprint density at radius 3 is 2.35 bits per heavy atom. The molecule has 0 unspecified atom stereocenters. The lowest BCUT2D eigenvalue weighted by Gasteiger charge is -2.11. The molecule has 2 aromatic carbocycles. The van der Waals surface area contributed by atoms with Crippen molar-refractivity contribution in [3.8, 4) is 11.5 Å². The number of ether oxygens (including phenoxy) is 2. The van der Waals surface area contributed by atoms with Gasteiger partial charge in [-0.05, 0) is 30.3 Å². The molecule has 0 saturated heterocycles. The molecule has 2 aromatic rings. The van der Waals surface area contributed by atoms with Crippen LogP contribution in [-0.4, -0.2) is 26.0 Å². The third-order valence-electron chi connectivity index (χ3n) is 2.95. The standard InChI is InChI=1S/C16H15FN2O4/c1-22-12-6-7-13(14(9-12)23-2)19-16(21)15(20)18-11-5-3-4-10(17)8-11/h3-9H,1-2H3,(H,18,20)(H,19,21). The Kier molecular flexibility index (Phi) is 5.14. The molecule has 0 bridgehead atoms. The topological polar surface area (TPSA) is 76.7 Å². The van der Waals surface area contributed by atoms with Gasteiger partial charge in [0.25, 0.3) is 0 Å². The zero-order chi connectivity index (χ0) is 16.8. The Hall–Kier alpha value is -3.09. The van der Waals surface area contributed by atoms with Gasteiger partial charge in [-0.25, -0.2) is 4.39 Å². The van der Waals surface area contributed by atoms with Gasteiger partial charge in [0.05, 0.1) is 19.9 Å². The van der Waals surface area contributed by atoms with Crippen LogP contribution in [-0.2, 0) is 9.59 Å². The molecule has 120 valence electrons. The highest BCUT2D eigenvalue weighted by molar-refractivity contribution is 6.43. The van der Waals surface area contributed by atoms with Gasteiger partial charge in [-0.15, -0.1) is 0 Å². The van der Waals surface area contributed by atoms with Crippen molar-refractivity contribution >= 4 is 23.2 Å². The second-order valence-corrected chi connectivity index (χ2v) is 4.48. The van der Waals surface area contributed by atoms with Gasteiger partial charge in [-0.2, -0.15) is 0 Å². The van der Waals surface area contributed by atoms with Crippen molar-refractivity contribution in [2.45, 2.75) is 0 Å². The number of anilines is 2. The number of benzene rings is 2. The number of methoxy groups -OCH3 is 2. The molecule has 2 rings (SSSR count). The molecule has 0 atom stereocenters. The van der Waals surface area contributed by atoms with Crippen LogP contribution in [0.5, 0.6) is 11.5 Å². The molecule has 2 amide bonds. The summed E-state index contributed by atoms with van der Waals surface area (Å²) in [5.74, 6) is -1.45. The van der Waals surface area contributed by atoms with Crippen molar-refractivity contribution < 1.29 is 23.5 Å². The maximum atomic E-state index is 13.1. The molecule has 0 fully saturated rings. The molecule has 0 aliphatic heterocycles. The number of rotatable bonds is 4. The number of halogens is 1. The van der Waals surface area contributed by atoms with E-state index in [-0.39, 0.29) is 5.69 Å². The predicted molar refractivity (Wildman–Crippen MR) is 83.2 cm³/mol. The first-order chi connectivity index (χ1) is 11.0. The fourth-order valence-corrected chi connectivity index (χ4v) is 1.83. The van der Waals surface area contributed by atoms with Crippen molar-refractivity contribution in [3.05, 3.63) is 48.3 Å². The number of hydrogen-bond acceptors (Lipinski definition) is 4. The maximum Gasteiger partial charge on any atom is 0.314 e. The number of carbonyl (C=O) groups excluding carboxylic acids is 2. The third-order valence-corrected chi connectivity index (χ3v) is 2.95. The SMILES string of the molecule is COc1ccc(NC(=O)C(=O)Nc2cccc(F)c2)c(OC)c1. The Morgan fingerprint density at radius 2 is 1.70 bits per heavy atom. The molecule has 7 heteroatoms. The highest BCUT2D eigenvalue weighted by atomic mass is 19.1. The molecule has 23 heavy (non-hydrogen) atoms. The van der Waals surface area contributed by atoms with E-state index < -0.39 is 17.6 Å². The lowest BCUT2D eigenvalue weighted by molar-refractivity contribution is -0.133. The van der Waals surface area contributed by atoms with E-state index in [2.05, 4.69) is 10.6 Å². The van der Waals surface area contributed by atoms with Crippen molar-refractivity contribution in [2.24, 2.45) is 0 Å². The van der Waals surface area contributed by atoms with Crippen LogP contribution in [0.3, 0.4) is 0 Å². The summed E-state index contributed by atoms with van der Waals surface area (Å²) in [6, 6.07) is 9.97. The smallest absolute Gasteiger partial charge is 0.314 e. The van der Waals surface area contributed by atoms with E-state index in [0.29, 0.717) is 17.2 Å². The molecule has 0 radical (unpaired) electrons. The monoisotopic (exact) mass is 318 g/mol. The van der Waals surface area contributed by atoms with Gasteiger partial charge in [-0.3, -0.25) is 9.59 Å². The molecular formula is C16H15FN2O4. The Morgan fingerprint density at radius 1 is 0.957 bits per heavy atom. The molecule has 6 nitrogen and oxygen atoms in total. The minimum atomic E-state index is -0.923. The van der Waals surface area contributed by atoms with E-state index in [1.807, 2.05) is 0 Å². The Labute approximate surface area is 132 Å². The number of amides is 2. The summed E-state index contributed by atoms with van der Waals surface area (Å²) < 4.78 is 23.2. The summed E-state index contributed by atoms with van der Waals surface area (Å²) in [6.07, 6.45) is 0. The average molecular weight is 318 g/mol. The lowest BCUT2D eigenvalue weighted by atomic mass is 10.2. The minimum Gasteiger partial charge on any atom is -0.497 e. The van der Waals surface area contributed by atoms with Crippen molar-refractivity contribution in [1.82, 2.24) is 0 Å². The minimum absolute atomic E-state index is 0.187. The summed E-state index contributed by atoms with van der Waals surface area (Å²) in [5, 5.41) is 4.73. The molecule has 0 heterocycles. The highest BCUT2D eigenvalue weighted by Crippen LogP contribution is 2.28. The molecular weight excluding hydrogens is 303 g/mol. The van der Waals surface area contributed by atoms with Crippen LogP contribution in [0.2, 0.25) is 0 Å². The average Bonchev–Trinajstić information content (AvgIpc) is 2.55. The second-order valence-electron chi connectivity index (χ2n) is 4.48. The van der Waals surface area contributed by atoms with Crippen LogP contribution in [0.1, 0.15) is 0 Å². The zero-order valence-electron chi connectivity index (χ0n) is 12.6. The van der Waals surface area contributed by atoms with E-state index in [4.69, 9.17) is 9.47 Å². The van der Waals surface area contributed by atoms with Gasteiger partial charge in [0.15, 0.2) is 0 Å². The van der Waals surface area contributed by atoms with Gasteiger partial charge >= 0.3 is 11.8 Å². The summed E-state index contributed by atoms with van der Waals surface area (Å²) in [5.41, 5.74) is 0.500. The van der Waals surface area contributed by atoms with Crippen LogP contribution in [0.25, 0.3) is 0 Å². The highest BCUT2D eigenvalue weighted by Gasteiger charge is 2.16. The summed E-state index contributed by atoms with van der Waals surface area (Å²) in [6.45, 7) is 0. The van der Waals surface area contributed by atoms with Crippen LogP contribution in [0.15, 0.2) is 42.5 Å². The summed E-state index contributed by atoms with van der Waals surface area (Å²) >= 11 is 0. The molecule has 2 N–H and O–H groups in total. The van der Waals surface area contributed by atoms with Gasteiger partial charge in [0.1, 0.15) is 17.3 Å². The van der Waals surface area contributed by atoms with E-state index in [1.54, 1.807) is 18.2 Å². The second kappa shape index (κ2) is 7.26. The fourth-order valence-electron chi connectivity index (χ4n) is 1.83. The number of nitrogens with one attached hydrogen (secondary N) is 2. The number of hydrogen-bond donors (Lipinski definition) is 2. The molecule has 0 aliphatic carbocycles. The first-order valence-corrected chi connectivity index (χ1v) is 6.63. The molecule has 0 aromatic heterocycles. The van der Waals surface area contributed by atoms with Crippen LogP contribution < -0.4 is 20.1 Å². The maximum absolute atomic E-state index is 13.1. The van der Waals surface area contributed by atoms with Gasteiger partial charge in [0, 0.05) is 11.8 Å². The quantitative estimate of drug-likeness (QED) is 0.849.